The van der Waals surface area contributed by atoms with Gasteiger partial charge in [-0.3, -0.25) is 9.59 Å². The summed E-state index contributed by atoms with van der Waals surface area (Å²) in [5, 5.41) is 5.86. The molecule has 0 spiro atoms. The molecule has 0 aliphatic heterocycles. The average Bonchev–Trinajstić information content (AvgIpc) is 3.48. The first-order valence-corrected chi connectivity index (χ1v) is 9.89. The summed E-state index contributed by atoms with van der Waals surface area (Å²) >= 11 is 0. The van der Waals surface area contributed by atoms with Crippen LogP contribution in [0.5, 0.6) is 0 Å². The molecule has 0 radical (unpaired) electrons. The SMILES string of the molecule is Cc1nc2ccccc2n1CCNC(=O)/C=C/c1ccc(C(=O)NC2CC2)cc1. The molecular weight excluding hydrogens is 364 g/mol. The number of fused-ring (bicyclic) bond motifs is 1. The number of nitrogens with zero attached hydrogens (tertiary/aromatic N) is 2. The molecule has 2 N–H and O–H groups in total. The quantitative estimate of drug-likeness (QED) is 0.611. The smallest absolute Gasteiger partial charge is 0.251 e. The average molecular weight is 388 g/mol. The van der Waals surface area contributed by atoms with Gasteiger partial charge in [0.05, 0.1) is 11.0 Å². The van der Waals surface area contributed by atoms with Gasteiger partial charge in [0.1, 0.15) is 5.82 Å². The number of nitrogens with one attached hydrogen (secondary N) is 2. The number of hydrogen-bond acceptors (Lipinski definition) is 3. The Labute approximate surface area is 169 Å². The van der Waals surface area contributed by atoms with E-state index in [9.17, 15) is 9.59 Å². The molecule has 0 unspecified atom stereocenters. The zero-order chi connectivity index (χ0) is 20.2. The molecule has 1 aliphatic rings. The van der Waals surface area contributed by atoms with Gasteiger partial charge in [-0.05, 0) is 55.7 Å². The maximum absolute atomic E-state index is 12.1. The van der Waals surface area contributed by atoms with Crippen LogP contribution < -0.4 is 10.6 Å². The molecule has 1 aromatic heterocycles. The number of imidazole rings is 1. The summed E-state index contributed by atoms with van der Waals surface area (Å²) in [7, 11) is 0. The largest absolute Gasteiger partial charge is 0.351 e. The van der Waals surface area contributed by atoms with Gasteiger partial charge in [0.2, 0.25) is 5.91 Å². The standard InChI is InChI=1S/C23H24N4O2/c1-16-25-20-4-2-3-5-21(20)27(16)15-14-24-22(28)13-8-17-6-9-18(10-7-17)23(29)26-19-11-12-19/h2-10,13,19H,11-12,14-15H2,1H3,(H,24,28)(H,26,29)/b13-8+. The summed E-state index contributed by atoms with van der Waals surface area (Å²) in [6.45, 7) is 3.15. The molecule has 6 nitrogen and oxygen atoms in total. The summed E-state index contributed by atoms with van der Waals surface area (Å²) in [5.41, 5.74) is 3.55. The first-order valence-electron chi connectivity index (χ1n) is 9.89. The van der Waals surface area contributed by atoms with E-state index in [1.54, 1.807) is 18.2 Å². The Bertz CT molecular complexity index is 1060. The fourth-order valence-electron chi connectivity index (χ4n) is 3.24. The number of aryl methyl sites for hydroxylation is 1. The van der Waals surface area contributed by atoms with Crippen molar-refractivity contribution in [2.45, 2.75) is 32.4 Å². The molecule has 2 aromatic carbocycles. The molecule has 6 heteroatoms. The van der Waals surface area contributed by atoms with Crippen LogP contribution in [0.25, 0.3) is 17.1 Å². The Balaban J connectivity index is 1.28. The maximum Gasteiger partial charge on any atom is 0.251 e. The van der Waals surface area contributed by atoms with Crippen LogP contribution in [0.15, 0.2) is 54.6 Å². The molecule has 1 aliphatic carbocycles. The van der Waals surface area contributed by atoms with Gasteiger partial charge in [0.25, 0.3) is 5.91 Å². The van der Waals surface area contributed by atoms with E-state index in [0.717, 1.165) is 35.3 Å². The Hall–Kier alpha value is -3.41. The van der Waals surface area contributed by atoms with Gasteiger partial charge in [0, 0.05) is 30.8 Å². The number of rotatable bonds is 7. The third-order valence-corrected chi connectivity index (χ3v) is 4.99. The van der Waals surface area contributed by atoms with Gasteiger partial charge in [-0.2, -0.15) is 0 Å². The van der Waals surface area contributed by atoms with E-state index in [1.165, 1.54) is 6.08 Å². The van der Waals surface area contributed by atoms with Crippen LogP contribution in [0.3, 0.4) is 0 Å². The minimum Gasteiger partial charge on any atom is -0.351 e. The van der Waals surface area contributed by atoms with E-state index in [-0.39, 0.29) is 11.8 Å². The van der Waals surface area contributed by atoms with E-state index >= 15 is 0 Å². The maximum atomic E-state index is 12.1. The fraction of sp³-hybridized carbons (Fsp3) is 0.261. The lowest BCUT2D eigenvalue weighted by atomic mass is 10.1. The summed E-state index contributed by atoms with van der Waals surface area (Å²) < 4.78 is 2.10. The Morgan fingerprint density at radius 1 is 1.14 bits per heavy atom. The molecule has 29 heavy (non-hydrogen) atoms. The van der Waals surface area contributed by atoms with Crippen molar-refractivity contribution >= 4 is 28.9 Å². The van der Waals surface area contributed by atoms with Crippen LogP contribution in [-0.2, 0) is 11.3 Å². The van der Waals surface area contributed by atoms with E-state index < -0.39 is 0 Å². The van der Waals surface area contributed by atoms with Crippen molar-refractivity contribution in [3.63, 3.8) is 0 Å². The van der Waals surface area contributed by atoms with Crippen molar-refractivity contribution in [3.8, 4) is 0 Å². The van der Waals surface area contributed by atoms with Crippen molar-refractivity contribution in [2.24, 2.45) is 0 Å². The number of carbonyl (C=O) groups is 2. The van der Waals surface area contributed by atoms with E-state index in [1.807, 2.05) is 43.3 Å². The second-order valence-electron chi connectivity index (χ2n) is 7.29. The lowest BCUT2D eigenvalue weighted by Gasteiger charge is -2.07. The summed E-state index contributed by atoms with van der Waals surface area (Å²) in [5.74, 6) is 0.743. The third kappa shape index (κ3) is 4.71. The normalized spacial score (nSPS) is 13.7. The Morgan fingerprint density at radius 3 is 2.66 bits per heavy atom. The van der Waals surface area contributed by atoms with E-state index in [0.29, 0.717) is 24.7 Å². The Kier molecular flexibility index (Phi) is 5.42. The van der Waals surface area contributed by atoms with Crippen LogP contribution in [0.1, 0.15) is 34.6 Å². The predicted molar refractivity (Wildman–Crippen MR) is 113 cm³/mol. The number of aromatic nitrogens is 2. The lowest BCUT2D eigenvalue weighted by Crippen LogP contribution is -2.25. The lowest BCUT2D eigenvalue weighted by molar-refractivity contribution is -0.116. The van der Waals surface area contributed by atoms with E-state index in [4.69, 9.17) is 0 Å². The van der Waals surface area contributed by atoms with Gasteiger partial charge in [-0.1, -0.05) is 24.3 Å². The molecule has 4 rings (SSSR count). The molecule has 0 saturated heterocycles. The molecule has 0 bridgehead atoms. The highest BCUT2D eigenvalue weighted by atomic mass is 16.2. The van der Waals surface area contributed by atoms with Gasteiger partial charge in [-0.15, -0.1) is 0 Å². The van der Waals surface area contributed by atoms with Gasteiger partial charge in [-0.25, -0.2) is 4.98 Å². The zero-order valence-corrected chi connectivity index (χ0v) is 16.4. The highest BCUT2D eigenvalue weighted by Gasteiger charge is 2.23. The highest BCUT2D eigenvalue weighted by Crippen LogP contribution is 2.19. The van der Waals surface area contributed by atoms with Gasteiger partial charge < -0.3 is 15.2 Å². The summed E-state index contributed by atoms with van der Waals surface area (Å²) in [6.07, 6.45) is 5.39. The topological polar surface area (TPSA) is 76.0 Å². The molecular formula is C23H24N4O2. The minimum atomic E-state index is -0.150. The van der Waals surface area contributed by atoms with Crippen molar-refractivity contribution in [1.29, 1.82) is 0 Å². The minimum absolute atomic E-state index is 0.0388. The number of hydrogen-bond donors (Lipinski definition) is 2. The molecule has 0 atom stereocenters. The summed E-state index contributed by atoms with van der Waals surface area (Å²) in [6, 6.07) is 15.6. The number of amides is 2. The van der Waals surface area contributed by atoms with Gasteiger partial charge in [0.15, 0.2) is 0 Å². The molecule has 3 aromatic rings. The zero-order valence-electron chi connectivity index (χ0n) is 16.4. The highest BCUT2D eigenvalue weighted by molar-refractivity contribution is 5.95. The monoisotopic (exact) mass is 388 g/mol. The van der Waals surface area contributed by atoms with Crippen LogP contribution in [0, 0.1) is 6.92 Å². The summed E-state index contributed by atoms with van der Waals surface area (Å²) in [4.78, 5) is 28.6. The molecule has 2 amide bonds. The van der Waals surface area contributed by atoms with Crippen molar-refractivity contribution in [3.05, 3.63) is 71.6 Å². The van der Waals surface area contributed by atoms with Gasteiger partial charge >= 0.3 is 0 Å². The van der Waals surface area contributed by atoms with Crippen molar-refractivity contribution in [1.82, 2.24) is 20.2 Å². The van der Waals surface area contributed by atoms with Crippen molar-refractivity contribution < 1.29 is 9.59 Å². The molecule has 1 fully saturated rings. The second-order valence-corrected chi connectivity index (χ2v) is 7.29. The van der Waals surface area contributed by atoms with Crippen LogP contribution in [0.2, 0.25) is 0 Å². The predicted octanol–water partition coefficient (Wildman–Crippen LogP) is 3.07. The molecule has 1 saturated carbocycles. The molecule has 1 heterocycles. The van der Waals surface area contributed by atoms with Crippen molar-refractivity contribution in [2.75, 3.05) is 6.54 Å². The van der Waals surface area contributed by atoms with Crippen LogP contribution >= 0.6 is 0 Å². The van der Waals surface area contributed by atoms with E-state index in [2.05, 4.69) is 20.2 Å². The van der Waals surface area contributed by atoms with Crippen LogP contribution in [-0.4, -0.2) is 34.0 Å². The number of benzene rings is 2. The fourth-order valence-corrected chi connectivity index (χ4v) is 3.24. The van der Waals surface area contributed by atoms with Crippen LogP contribution in [0.4, 0.5) is 0 Å². The Morgan fingerprint density at radius 2 is 1.90 bits per heavy atom. The first kappa shape index (κ1) is 18.9. The number of carbonyl (C=O) groups excluding carboxylic acids is 2. The first-order chi connectivity index (χ1) is 14.1. The molecule has 148 valence electrons. The third-order valence-electron chi connectivity index (χ3n) is 4.99. The number of para-hydroxylation sites is 2. The second kappa shape index (κ2) is 8.31.